The Bertz CT molecular complexity index is 946. The number of ketones is 1. The number of Topliss-reactive ketones (excluding diaryl/α,β-unsaturated/α-hetero) is 1. The van der Waals surface area contributed by atoms with E-state index in [0.717, 1.165) is 17.4 Å². The third-order valence-electron chi connectivity index (χ3n) is 4.63. The van der Waals surface area contributed by atoms with Gasteiger partial charge in [0, 0.05) is 23.9 Å². The Kier molecular flexibility index (Phi) is 5.64. The molecule has 1 aromatic heterocycles. The Morgan fingerprint density at radius 2 is 1.77 bits per heavy atom. The lowest BCUT2D eigenvalue weighted by molar-refractivity contribution is 0.0963. The van der Waals surface area contributed by atoms with Crippen molar-refractivity contribution in [2.24, 2.45) is 0 Å². The van der Waals surface area contributed by atoms with Gasteiger partial charge in [-0.05, 0) is 31.0 Å². The average molecular weight is 349 g/mol. The number of rotatable bonds is 7. The van der Waals surface area contributed by atoms with E-state index in [1.807, 2.05) is 42.5 Å². The van der Waals surface area contributed by atoms with Crippen LogP contribution in [0.5, 0.6) is 0 Å². The van der Waals surface area contributed by atoms with Crippen molar-refractivity contribution in [1.82, 2.24) is 5.32 Å². The van der Waals surface area contributed by atoms with Crippen molar-refractivity contribution in [2.75, 3.05) is 0 Å². The van der Waals surface area contributed by atoms with Gasteiger partial charge >= 0.3 is 5.63 Å². The van der Waals surface area contributed by atoms with E-state index in [0.29, 0.717) is 5.58 Å². The van der Waals surface area contributed by atoms with Crippen LogP contribution >= 0.6 is 0 Å². The molecular formula is C22H23NO3. The first-order valence-electron chi connectivity index (χ1n) is 8.95. The molecule has 4 nitrogen and oxygen atoms in total. The molecule has 3 rings (SSSR count). The van der Waals surface area contributed by atoms with Crippen LogP contribution in [0.2, 0.25) is 0 Å². The molecule has 0 saturated heterocycles. The van der Waals surface area contributed by atoms with Crippen molar-refractivity contribution >= 4 is 16.8 Å². The topological polar surface area (TPSA) is 59.3 Å². The number of hydrogen-bond acceptors (Lipinski definition) is 4. The number of benzene rings is 2. The first kappa shape index (κ1) is 18.1. The zero-order valence-electron chi connectivity index (χ0n) is 15.1. The van der Waals surface area contributed by atoms with Gasteiger partial charge < -0.3 is 9.73 Å². The highest BCUT2D eigenvalue weighted by Gasteiger charge is 2.21. The van der Waals surface area contributed by atoms with E-state index in [2.05, 4.69) is 19.2 Å². The molecule has 1 N–H and O–H groups in total. The van der Waals surface area contributed by atoms with Gasteiger partial charge in [0.25, 0.3) is 0 Å². The summed E-state index contributed by atoms with van der Waals surface area (Å²) in [7, 11) is 0. The molecule has 2 aromatic carbocycles. The van der Waals surface area contributed by atoms with Gasteiger partial charge in [0.1, 0.15) is 11.1 Å². The lowest BCUT2D eigenvalue weighted by atomic mass is 9.97. The molecule has 134 valence electrons. The summed E-state index contributed by atoms with van der Waals surface area (Å²) in [5.74, 6) is -0.214. The molecule has 0 aliphatic rings. The molecule has 2 atom stereocenters. The van der Waals surface area contributed by atoms with Crippen molar-refractivity contribution in [3.05, 3.63) is 82.2 Å². The predicted molar refractivity (Wildman–Crippen MR) is 104 cm³/mol. The fourth-order valence-corrected chi connectivity index (χ4v) is 2.97. The Hall–Kier alpha value is -2.72. The smallest absolute Gasteiger partial charge is 0.347 e. The maximum Gasteiger partial charge on any atom is 0.347 e. The first-order valence-corrected chi connectivity index (χ1v) is 8.95. The van der Waals surface area contributed by atoms with E-state index in [4.69, 9.17) is 4.42 Å². The van der Waals surface area contributed by atoms with Crippen LogP contribution in [0, 0.1) is 0 Å². The summed E-state index contributed by atoms with van der Waals surface area (Å²) in [5.41, 5.74) is 1.05. The van der Waals surface area contributed by atoms with E-state index in [1.165, 1.54) is 0 Å². The average Bonchev–Trinajstić information content (AvgIpc) is 2.67. The van der Waals surface area contributed by atoms with E-state index >= 15 is 0 Å². The molecule has 0 spiro atoms. The maximum absolute atomic E-state index is 12.9. The van der Waals surface area contributed by atoms with E-state index in [9.17, 15) is 9.59 Å². The maximum atomic E-state index is 12.9. The van der Waals surface area contributed by atoms with Crippen molar-refractivity contribution in [2.45, 2.75) is 38.8 Å². The zero-order valence-corrected chi connectivity index (χ0v) is 15.1. The third-order valence-corrected chi connectivity index (χ3v) is 4.63. The Labute approximate surface area is 152 Å². The molecule has 0 amide bonds. The quantitative estimate of drug-likeness (QED) is 0.504. The van der Waals surface area contributed by atoms with Crippen LogP contribution in [0.1, 0.15) is 48.7 Å². The van der Waals surface area contributed by atoms with Gasteiger partial charge in [-0.25, -0.2) is 4.79 Å². The summed E-state index contributed by atoms with van der Waals surface area (Å²) in [6.07, 6.45) is 1.16. The summed E-state index contributed by atoms with van der Waals surface area (Å²) in [6.45, 7) is 4.18. The summed E-state index contributed by atoms with van der Waals surface area (Å²) in [5, 5.41) is 4.24. The van der Waals surface area contributed by atoms with Gasteiger partial charge in [0.15, 0.2) is 5.78 Å². The van der Waals surface area contributed by atoms with Crippen LogP contribution in [0.25, 0.3) is 11.0 Å². The molecule has 0 aliphatic carbocycles. The lowest BCUT2D eigenvalue weighted by Crippen LogP contribution is -2.32. The van der Waals surface area contributed by atoms with Gasteiger partial charge in [-0.1, -0.05) is 55.5 Å². The van der Waals surface area contributed by atoms with Crippen LogP contribution in [0.4, 0.5) is 0 Å². The molecular weight excluding hydrogens is 326 g/mol. The van der Waals surface area contributed by atoms with Crippen LogP contribution in [0.15, 0.2) is 69.9 Å². The zero-order chi connectivity index (χ0) is 18.5. The monoisotopic (exact) mass is 349 g/mol. The minimum absolute atomic E-state index is 0.107. The lowest BCUT2D eigenvalue weighted by Gasteiger charge is -2.22. The number of hydrogen-bond donors (Lipinski definition) is 1. The number of carbonyl (C=O) groups is 1. The molecule has 0 aliphatic heterocycles. The van der Waals surface area contributed by atoms with Gasteiger partial charge in [0.05, 0.1) is 0 Å². The predicted octanol–water partition coefficient (Wildman–Crippen LogP) is 4.50. The fourth-order valence-electron chi connectivity index (χ4n) is 2.97. The highest BCUT2D eigenvalue weighted by Crippen LogP contribution is 2.21. The molecule has 0 unspecified atom stereocenters. The minimum atomic E-state index is -0.580. The summed E-state index contributed by atoms with van der Waals surface area (Å²) >= 11 is 0. The van der Waals surface area contributed by atoms with Crippen LogP contribution in [-0.4, -0.2) is 11.8 Å². The normalized spacial score (nSPS) is 13.5. The van der Waals surface area contributed by atoms with Crippen LogP contribution in [-0.2, 0) is 0 Å². The Morgan fingerprint density at radius 1 is 1.08 bits per heavy atom. The second kappa shape index (κ2) is 8.11. The highest BCUT2D eigenvalue weighted by molar-refractivity contribution is 5.98. The summed E-state index contributed by atoms with van der Waals surface area (Å²) in [4.78, 5) is 25.1. The number of carbonyl (C=O) groups excluding carboxylic acids is 1. The molecule has 26 heavy (non-hydrogen) atoms. The Balaban J connectivity index is 1.90. The second-order valence-electron chi connectivity index (χ2n) is 6.55. The standard InChI is InChI=1S/C22H23NO3/c1-3-15(2)23-19(16-9-5-4-6-10-16)14-20(24)18-13-17-11-7-8-12-21(17)26-22(18)25/h4-13,15,19,23H,3,14H2,1-2H3/t15-,19-/m0/s1. The first-order chi connectivity index (χ1) is 12.6. The molecule has 0 radical (unpaired) electrons. The van der Waals surface area contributed by atoms with Crippen LogP contribution in [0.3, 0.4) is 0 Å². The van der Waals surface area contributed by atoms with Gasteiger partial charge in [0.2, 0.25) is 0 Å². The summed E-state index contributed by atoms with van der Waals surface area (Å²) < 4.78 is 5.31. The number of para-hydroxylation sites is 1. The van der Waals surface area contributed by atoms with Gasteiger partial charge in [-0.15, -0.1) is 0 Å². The third kappa shape index (κ3) is 4.09. The molecule has 0 saturated carbocycles. The Morgan fingerprint density at radius 3 is 2.50 bits per heavy atom. The van der Waals surface area contributed by atoms with Crippen molar-refractivity contribution in [1.29, 1.82) is 0 Å². The molecule has 0 bridgehead atoms. The van der Waals surface area contributed by atoms with E-state index < -0.39 is 5.63 Å². The highest BCUT2D eigenvalue weighted by atomic mass is 16.4. The number of nitrogens with one attached hydrogen (secondary N) is 1. The number of fused-ring (bicyclic) bond motifs is 1. The minimum Gasteiger partial charge on any atom is -0.422 e. The van der Waals surface area contributed by atoms with Crippen molar-refractivity contribution < 1.29 is 9.21 Å². The van der Waals surface area contributed by atoms with E-state index in [-0.39, 0.29) is 29.9 Å². The molecule has 1 heterocycles. The van der Waals surface area contributed by atoms with Crippen molar-refractivity contribution in [3.8, 4) is 0 Å². The molecule has 0 fully saturated rings. The fraction of sp³-hybridized carbons (Fsp3) is 0.273. The van der Waals surface area contributed by atoms with Crippen LogP contribution < -0.4 is 10.9 Å². The second-order valence-corrected chi connectivity index (χ2v) is 6.55. The SMILES string of the molecule is CC[C@H](C)N[C@@H](CC(=O)c1cc2ccccc2oc1=O)c1ccccc1. The van der Waals surface area contributed by atoms with Crippen molar-refractivity contribution in [3.63, 3.8) is 0 Å². The molecule has 4 heteroatoms. The molecule has 3 aromatic rings. The largest absolute Gasteiger partial charge is 0.422 e. The van der Waals surface area contributed by atoms with E-state index in [1.54, 1.807) is 18.2 Å². The van der Waals surface area contributed by atoms with Gasteiger partial charge in [-0.3, -0.25) is 4.79 Å². The summed E-state index contributed by atoms with van der Waals surface area (Å²) in [6, 6.07) is 18.8. The van der Waals surface area contributed by atoms with Gasteiger partial charge in [-0.2, -0.15) is 0 Å².